The van der Waals surface area contributed by atoms with Crippen LogP contribution in [-0.4, -0.2) is 30.8 Å². The van der Waals surface area contributed by atoms with Crippen LogP contribution in [0.2, 0.25) is 0 Å². The molecule has 0 saturated carbocycles. The quantitative estimate of drug-likeness (QED) is 0.238. The molecule has 180 valence electrons. The number of nitrogens with one attached hydrogen (secondary N) is 1. The molecule has 0 fully saturated rings. The van der Waals surface area contributed by atoms with Crippen LogP contribution in [-0.2, 0) is 22.3 Å². The van der Waals surface area contributed by atoms with Crippen LogP contribution < -0.4 is 9.62 Å². The number of carbonyl (C=O) groups excluding carboxylic acids is 1. The maximum atomic E-state index is 14.1. The Morgan fingerprint density at radius 1 is 1.00 bits per heavy atom. The highest BCUT2D eigenvalue weighted by Crippen LogP contribution is 2.29. The zero-order valence-corrected chi connectivity index (χ0v) is 21.0. The Morgan fingerprint density at radius 2 is 1.69 bits per heavy atom. The Kier molecular flexibility index (Phi) is 7.79. The third-order valence-corrected chi connectivity index (χ3v) is 8.11. The Hall–Kier alpha value is -3.28. The number of anilines is 2. The SMILES string of the molecule is CS(=O)(=O)N(Cc1ccccc1F)c1ccc(C(=O)Nc2nnc(SCc3ccccc3)s2)cc1. The van der Waals surface area contributed by atoms with E-state index in [1.54, 1.807) is 12.1 Å². The first-order valence-electron chi connectivity index (χ1n) is 10.4. The fraction of sp³-hybridized carbons (Fsp3) is 0.125. The Balaban J connectivity index is 1.41. The van der Waals surface area contributed by atoms with Crippen LogP contribution in [0.25, 0.3) is 0 Å². The molecule has 11 heteroatoms. The van der Waals surface area contributed by atoms with E-state index in [0.717, 1.165) is 26.2 Å². The monoisotopic (exact) mass is 528 g/mol. The number of nitrogens with zero attached hydrogens (tertiary/aromatic N) is 3. The molecule has 0 atom stereocenters. The fourth-order valence-electron chi connectivity index (χ4n) is 3.17. The van der Waals surface area contributed by atoms with E-state index in [2.05, 4.69) is 15.5 Å². The lowest BCUT2D eigenvalue weighted by molar-refractivity contribution is 0.102. The van der Waals surface area contributed by atoms with Gasteiger partial charge in [-0.3, -0.25) is 14.4 Å². The summed E-state index contributed by atoms with van der Waals surface area (Å²) in [6.45, 7) is -0.161. The number of hydrogen-bond donors (Lipinski definition) is 1. The van der Waals surface area contributed by atoms with E-state index < -0.39 is 21.7 Å². The number of amides is 1. The van der Waals surface area contributed by atoms with E-state index in [-0.39, 0.29) is 12.1 Å². The summed E-state index contributed by atoms with van der Waals surface area (Å²) in [7, 11) is -3.69. The number of aromatic nitrogens is 2. The van der Waals surface area contributed by atoms with Crippen LogP contribution in [0.4, 0.5) is 15.2 Å². The number of sulfonamides is 1. The van der Waals surface area contributed by atoms with Gasteiger partial charge in [0.25, 0.3) is 5.91 Å². The summed E-state index contributed by atoms with van der Waals surface area (Å²) < 4.78 is 40.6. The summed E-state index contributed by atoms with van der Waals surface area (Å²) in [5, 5.41) is 11.2. The zero-order chi connectivity index (χ0) is 24.8. The predicted octanol–water partition coefficient (Wildman–Crippen LogP) is 5.19. The fourth-order valence-corrected chi connectivity index (χ4v) is 5.75. The molecule has 0 saturated heterocycles. The minimum Gasteiger partial charge on any atom is -0.296 e. The van der Waals surface area contributed by atoms with Gasteiger partial charge in [-0.1, -0.05) is 71.6 Å². The van der Waals surface area contributed by atoms with E-state index in [9.17, 15) is 17.6 Å². The first kappa shape index (κ1) is 24.8. The summed E-state index contributed by atoms with van der Waals surface area (Å²) in [6, 6.07) is 22.0. The standard InChI is InChI=1S/C24H21FN4O3S3/c1-35(31,32)29(15-19-9-5-6-10-21(19)25)20-13-11-18(12-14-20)22(30)26-23-27-28-24(34-23)33-16-17-7-3-2-4-8-17/h2-14H,15-16H2,1H3,(H,26,27,30). The topological polar surface area (TPSA) is 92.3 Å². The van der Waals surface area contributed by atoms with E-state index in [4.69, 9.17) is 0 Å². The van der Waals surface area contributed by atoms with Gasteiger partial charge < -0.3 is 0 Å². The lowest BCUT2D eigenvalue weighted by Crippen LogP contribution is -2.29. The lowest BCUT2D eigenvalue weighted by atomic mass is 10.1. The van der Waals surface area contributed by atoms with E-state index >= 15 is 0 Å². The molecule has 0 unspecified atom stereocenters. The van der Waals surface area contributed by atoms with Gasteiger partial charge in [0.15, 0.2) is 4.34 Å². The summed E-state index contributed by atoms with van der Waals surface area (Å²) in [4.78, 5) is 12.7. The van der Waals surface area contributed by atoms with Crippen molar-refractivity contribution < 1.29 is 17.6 Å². The first-order chi connectivity index (χ1) is 16.8. The van der Waals surface area contributed by atoms with Gasteiger partial charge in [0.1, 0.15) is 5.82 Å². The van der Waals surface area contributed by atoms with Crippen LogP contribution in [0.5, 0.6) is 0 Å². The van der Waals surface area contributed by atoms with Gasteiger partial charge in [0.2, 0.25) is 15.2 Å². The second-order valence-corrected chi connectivity index (χ2v) is 11.6. The van der Waals surface area contributed by atoms with Crippen LogP contribution in [0.15, 0.2) is 83.2 Å². The van der Waals surface area contributed by atoms with Crippen molar-refractivity contribution in [1.29, 1.82) is 0 Å². The van der Waals surface area contributed by atoms with E-state index in [1.165, 1.54) is 59.5 Å². The second kappa shape index (κ2) is 11.0. The number of benzene rings is 3. The first-order valence-corrected chi connectivity index (χ1v) is 14.1. The van der Waals surface area contributed by atoms with Gasteiger partial charge in [0, 0.05) is 16.9 Å². The van der Waals surface area contributed by atoms with Gasteiger partial charge in [-0.2, -0.15) is 0 Å². The van der Waals surface area contributed by atoms with Crippen LogP contribution >= 0.6 is 23.1 Å². The van der Waals surface area contributed by atoms with E-state index in [1.807, 2.05) is 30.3 Å². The minimum absolute atomic E-state index is 0.161. The van der Waals surface area contributed by atoms with Crippen molar-refractivity contribution in [3.8, 4) is 0 Å². The Labute approximate surface area is 211 Å². The number of hydrogen-bond acceptors (Lipinski definition) is 7. The number of halogens is 1. The molecule has 0 bridgehead atoms. The van der Waals surface area contributed by atoms with E-state index in [0.29, 0.717) is 16.4 Å². The largest absolute Gasteiger partial charge is 0.296 e. The lowest BCUT2D eigenvalue weighted by Gasteiger charge is -2.23. The summed E-state index contributed by atoms with van der Waals surface area (Å²) in [6.07, 6.45) is 1.05. The number of thioether (sulfide) groups is 1. The summed E-state index contributed by atoms with van der Waals surface area (Å²) in [5.41, 5.74) is 2.05. The van der Waals surface area contributed by atoms with Crippen molar-refractivity contribution >= 4 is 49.8 Å². The molecule has 0 aliphatic rings. The predicted molar refractivity (Wildman–Crippen MR) is 138 cm³/mol. The molecule has 0 spiro atoms. The molecule has 1 aromatic heterocycles. The van der Waals surface area contributed by atoms with Crippen molar-refractivity contribution in [2.45, 2.75) is 16.6 Å². The van der Waals surface area contributed by atoms with Crippen molar-refractivity contribution in [1.82, 2.24) is 10.2 Å². The van der Waals surface area contributed by atoms with Crippen molar-refractivity contribution in [2.75, 3.05) is 15.9 Å². The molecule has 1 N–H and O–H groups in total. The maximum Gasteiger partial charge on any atom is 0.257 e. The van der Waals surface area contributed by atoms with Gasteiger partial charge in [0.05, 0.1) is 18.5 Å². The number of rotatable bonds is 9. The van der Waals surface area contributed by atoms with Gasteiger partial charge in [-0.25, -0.2) is 12.8 Å². The molecule has 4 aromatic rings. The molecular formula is C24H21FN4O3S3. The van der Waals surface area contributed by atoms with Crippen molar-refractivity contribution in [3.05, 3.63) is 101 Å². The summed E-state index contributed by atoms with van der Waals surface area (Å²) in [5.74, 6) is -0.142. The van der Waals surface area contributed by atoms with Crippen molar-refractivity contribution in [3.63, 3.8) is 0 Å². The third-order valence-electron chi connectivity index (χ3n) is 4.92. The third kappa shape index (κ3) is 6.65. The molecule has 3 aromatic carbocycles. The summed E-state index contributed by atoms with van der Waals surface area (Å²) >= 11 is 2.81. The van der Waals surface area contributed by atoms with Gasteiger partial charge >= 0.3 is 0 Å². The minimum atomic E-state index is -3.69. The maximum absolute atomic E-state index is 14.1. The Bertz CT molecular complexity index is 1410. The zero-order valence-electron chi connectivity index (χ0n) is 18.6. The smallest absolute Gasteiger partial charge is 0.257 e. The van der Waals surface area contributed by atoms with Crippen molar-refractivity contribution in [2.24, 2.45) is 0 Å². The van der Waals surface area contributed by atoms with Gasteiger partial charge in [-0.05, 0) is 35.9 Å². The average molecular weight is 529 g/mol. The molecule has 35 heavy (non-hydrogen) atoms. The Morgan fingerprint density at radius 3 is 2.37 bits per heavy atom. The highest BCUT2D eigenvalue weighted by molar-refractivity contribution is 8.00. The molecule has 0 aliphatic carbocycles. The molecule has 1 heterocycles. The normalized spacial score (nSPS) is 11.3. The van der Waals surface area contributed by atoms with Crippen LogP contribution in [0, 0.1) is 5.82 Å². The highest BCUT2D eigenvalue weighted by Gasteiger charge is 2.20. The molecular weight excluding hydrogens is 507 g/mol. The molecule has 0 aliphatic heterocycles. The average Bonchev–Trinajstić information content (AvgIpc) is 3.29. The number of carbonyl (C=O) groups is 1. The second-order valence-electron chi connectivity index (χ2n) is 7.51. The van der Waals surface area contributed by atoms with Crippen LogP contribution in [0.3, 0.4) is 0 Å². The molecule has 4 rings (SSSR count). The van der Waals surface area contributed by atoms with Crippen LogP contribution in [0.1, 0.15) is 21.5 Å². The highest BCUT2D eigenvalue weighted by atomic mass is 32.2. The molecule has 1 amide bonds. The molecule has 0 radical (unpaired) electrons. The van der Waals surface area contributed by atoms with Gasteiger partial charge in [-0.15, -0.1) is 10.2 Å². The molecule has 7 nitrogen and oxygen atoms in total.